The number of anilines is 1. The third-order valence-corrected chi connectivity index (χ3v) is 5.30. The van der Waals surface area contributed by atoms with Crippen molar-refractivity contribution in [3.8, 4) is 10.6 Å². The Hall–Kier alpha value is -2.19. The van der Waals surface area contributed by atoms with E-state index in [1.807, 2.05) is 22.9 Å². The molecule has 0 unspecified atom stereocenters. The van der Waals surface area contributed by atoms with Crippen LogP contribution in [-0.4, -0.2) is 27.7 Å². The van der Waals surface area contributed by atoms with Crippen LogP contribution in [0.3, 0.4) is 0 Å². The Labute approximate surface area is 140 Å². The molecule has 0 fully saturated rings. The topological polar surface area (TPSA) is 71.3 Å². The molecule has 6 nitrogen and oxygen atoms in total. The first-order chi connectivity index (χ1) is 11.3. The molecule has 8 heteroatoms. The van der Waals surface area contributed by atoms with Gasteiger partial charge in [-0.3, -0.25) is 5.32 Å². The molecule has 0 spiro atoms. The summed E-state index contributed by atoms with van der Waals surface area (Å²) in [7, 11) is 0. The number of amides is 2. The van der Waals surface area contributed by atoms with Gasteiger partial charge in [0.25, 0.3) is 0 Å². The zero-order valence-electron chi connectivity index (χ0n) is 12.2. The SMILES string of the molecule is O=C(Nc1nnc(-c2ccsc2)s1)N1CCCc2occc2C1. The lowest BCUT2D eigenvalue weighted by atomic mass is 10.2. The number of thiophene rings is 1. The lowest BCUT2D eigenvalue weighted by molar-refractivity contribution is 0.210. The predicted octanol–water partition coefficient (Wildman–Crippen LogP) is 3.84. The molecule has 0 aliphatic carbocycles. The number of rotatable bonds is 2. The highest BCUT2D eigenvalue weighted by Gasteiger charge is 2.21. The molecule has 0 bridgehead atoms. The van der Waals surface area contributed by atoms with Gasteiger partial charge < -0.3 is 9.32 Å². The van der Waals surface area contributed by atoms with Gasteiger partial charge in [-0.2, -0.15) is 11.3 Å². The number of nitrogens with zero attached hydrogens (tertiary/aromatic N) is 3. The Kier molecular flexibility index (Phi) is 3.84. The second-order valence-electron chi connectivity index (χ2n) is 5.25. The Morgan fingerprint density at radius 2 is 2.30 bits per heavy atom. The molecule has 4 heterocycles. The van der Waals surface area contributed by atoms with Crippen molar-refractivity contribution >= 4 is 33.8 Å². The van der Waals surface area contributed by atoms with Crippen molar-refractivity contribution in [1.29, 1.82) is 0 Å². The first-order valence-electron chi connectivity index (χ1n) is 7.27. The molecule has 23 heavy (non-hydrogen) atoms. The molecule has 1 aliphatic rings. The summed E-state index contributed by atoms with van der Waals surface area (Å²) in [4.78, 5) is 14.3. The van der Waals surface area contributed by atoms with E-state index in [2.05, 4.69) is 15.5 Å². The molecule has 0 saturated carbocycles. The van der Waals surface area contributed by atoms with Crippen LogP contribution in [0.2, 0.25) is 0 Å². The van der Waals surface area contributed by atoms with Gasteiger partial charge in [0.15, 0.2) is 0 Å². The molecular weight excluding hydrogens is 332 g/mol. The fourth-order valence-corrected chi connectivity index (χ4v) is 4.01. The van der Waals surface area contributed by atoms with Gasteiger partial charge in [0, 0.05) is 29.5 Å². The van der Waals surface area contributed by atoms with Crippen molar-refractivity contribution in [3.05, 3.63) is 40.5 Å². The van der Waals surface area contributed by atoms with E-state index >= 15 is 0 Å². The predicted molar refractivity (Wildman–Crippen MR) is 89.7 cm³/mol. The van der Waals surface area contributed by atoms with E-state index in [-0.39, 0.29) is 6.03 Å². The van der Waals surface area contributed by atoms with Gasteiger partial charge in [-0.15, -0.1) is 10.2 Å². The van der Waals surface area contributed by atoms with Gasteiger partial charge in [0.2, 0.25) is 5.13 Å². The third-order valence-electron chi connectivity index (χ3n) is 3.72. The first-order valence-corrected chi connectivity index (χ1v) is 9.03. The number of hydrogen-bond donors (Lipinski definition) is 1. The number of urea groups is 1. The van der Waals surface area contributed by atoms with Gasteiger partial charge in [-0.05, 0) is 23.9 Å². The fraction of sp³-hybridized carbons (Fsp3) is 0.267. The Morgan fingerprint density at radius 1 is 1.35 bits per heavy atom. The van der Waals surface area contributed by atoms with Crippen LogP contribution in [0.4, 0.5) is 9.93 Å². The van der Waals surface area contributed by atoms with E-state index in [4.69, 9.17) is 4.42 Å². The van der Waals surface area contributed by atoms with Crippen LogP contribution >= 0.6 is 22.7 Å². The molecule has 0 aromatic carbocycles. The van der Waals surface area contributed by atoms with Gasteiger partial charge in [-0.1, -0.05) is 11.3 Å². The molecule has 0 atom stereocenters. The van der Waals surface area contributed by atoms with Crippen LogP contribution in [0.5, 0.6) is 0 Å². The summed E-state index contributed by atoms with van der Waals surface area (Å²) < 4.78 is 5.45. The number of carbonyl (C=O) groups excluding carboxylic acids is 1. The summed E-state index contributed by atoms with van der Waals surface area (Å²) in [5.41, 5.74) is 2.11. The quantitative estimate of drug-likeness (QED) is 0.765. The van der Waals surface area contributed by atoms with Crippen LogP contribution in [0.1, 0.15) is 17.7 Å². The first kappa shape index (κ1) is 14.4. The van der Waals surface area contributed by atoms with E-state index in [0.717, 1.165) is 34.7 Å². The molecule has 0 radical (unpaired) electrons. The second-order valence-corrected chi connectivity index (χ2v) is 7.01. The minimum Gasteiger partial charge on any atom is -0.469 e. The maximum atomic E-state index is 12.5. The summed E-state index contributed by atoms with van der Waals surface area (Å²) >= 11 is 2.99. The van der Waals surface area contributed by atoms with Crippen molar-refractivity contribution in [2.24, 2.45) is 0 Å². The molecule has 3 aromatic heterocycles. The molecule has 118 valence electrons. The zero-order valence-corrected chi connectivity index (χ0v) is 13.8. The highest BCUT2D eigenvalue weighted by molar-refractivity contribution is 7.19. The van der Waals surface area contributed by atoms with Crippen molar-refractivity contribution in [2.75, 3.05) is 11.9 Å². The van der Waals surface area contributed by atoms with E-state index in [1.165, 1.54) is 11.3 Å². The standard InChI is InChI=1S/C15H14N4O2S2/c20-15(19-5-1-2-12-10(8-19)3-6-21-12)16-14-18-17-13(23-14)11-4-7-22-9-11/h3-4,6-7,9H,1-2,5,8H2,(H,16,18,20). The number of hydrogen-bond acceptors (Lipinski definition) is 6. The smallest absolute Gasteiger partial charge is 0.323 e. The minimum atomic E-state index is -0.146. The van der Waals surface area contributed by atoms with Gasteiger partial charge >= 0.3 is 6.03 Å². The number of fused-ring (bicyclic) bond motifs is 1. The van der Waals surface area contributed by atoms with E-state index in [9.17, 15) is 4.79 Å². The maximum Gasteiger partial charge on any atom is 0.323 e. The van der Waals surface area contributed by atoms with Crippen molar-refractivity contribution in [1.82, 2.24) is 15.1 Å². The Balaban J connectivity index is 1.46. The van der Waals surface area contributed by atoms with Gasteiger partial charge in [-0.25, -0.2) is 4.79 Å². The molecule has 0 saturated heterocycles. The van der Waals surface area contributed by atoms with Crippen LogP contribution in [0.15, 0.2) is 33.6 Å². The minimum absolute atomic E-state index is 0.146. The number of nitrogens with one attached hydrogen (secondary N) is 1. The lowest BCUT2D eigenvalue weighted by Crippen LogP contribution is -2.34. The van der Waals surface area contributed by atoms with Gasteiger partial charge in [0.1, 0.15) is 10.8 Å². The third kappa shape index (κ3) is 2.99. The maximum absolute atomic E-state index is 12.5. The Morgan fingerprint density at radius 3 is 3.17 bits per heavy atom. The summed E-state index contributed by atoms with van der Waals surface area (Å²) in [5, 5.41) is 16.4. The van der Waals surface area contributed by atoms with Crippen LogP contribution < -0.4 is 5.32 Å². The van der Waals surface area contributed by atoms with E-state index in [0.29, 0.717) is 18.2 Å². The molecule has 3 aromatic rings. The van der Waals surface area contributed by atoms with Crippen LogP contribution in [0, 0.1) is 0 Å². The van der Waals surface area contributed by atoms with Crippen molar-refractivity contribution in [3.63, 3.8) is 0 Å². The largest absolute Gasteiger partial charge is 0.469 e. The normalized spacial score (nSPS) is 14.3. The molecular formula is C15H14N4O2S2. The highest BCUT2D eigenvalue weighted by atomic mass is 32.1. The van der Waals surface area contributed by atoms with Crippen molar-refractivity contribution < 1.29 is 9.21 Å². The van der Waals surface area contributed by atoms with Gasteiger partial charge in [0.05, 0.1) is 12.8 Å². The molecule has 1 aliphatic heterocycles. The number of aryl methyl sites for hydroxylation is 1. The van der Waals surface area contributed by atoms with E-state index < -0.39 is 0 Å². The zero-order chi connectivity index (χ0) is 15.6. The van der Waals surface area contributed by atoms with E-state index in [1.54, 1.807) is 22.5 Å². The average molecular weight is 346 g/mol. The number of furan rings is 1. The second kappa shape index (κ2) is 6.13. The molecule has 2 amide bonds. The molecule has 1 N–H and O–H groups in total. The number of carbonyl (C=O) groups is 1. The number of aromatic nitrogens is 2. The fourth-order valence-electron chi connectivity index (χ4n) is 2.56. The summed E-state index contributed by atoms with van der Waals surface area (Å²) in [6.45, 7) is 1.26. The summed E-state index contributed by atoms with van der Waals surface area (Å²) in [6.07, 6.45) is 3.45. The van der Waals surface area contributed by atoms with Crippen molar-refractivity contribution in [2.45, 2.75) is 19.4 Å². The highest BCUT2D eigenvalue weighted by Crippen LogP contribution is 2.28. The average Bonchev–Trinajstić information content (AvgIpc) is 3.27. The molecule has 4 rings (SSSR count). The lowest BCUT2D eigenvalue weighted by Gasteiger charge is -2.19. The summed E-state index contributed by atoms with van der Waals surface area (Å²) in [5.74, 6) is 0.982. The van der Waals surface area contributed by atoms with Crippen LogP contribution in [-0.2, 0) is 13.0 Å². The summed E-state index contributed by atoms with van der Waals surface area (Å²) in [6, 6.07) is 3.78. The Bertz CT molecular complexity index is 809. The monoisotopic (exact) mass is 346 g/mol. The van der Waals surface area contributed by atoms with Crippen LogP contribution in [0.25, 0.3) is 10.6 Å².